The van der Waals surface area contributed by atoms with E-state index in [0.717, 1.165) is 12.8 Å². The third-order valence-electron chi connectivity index (χ3n) is 2.91. The van der Waals surface area contributed by atoms with Gasteiger partial charge in [-0.1, -0.05) is 12.8 Å². The monoisotopic (exact) mass is 228 g/mol. The summed E-state index contributed by atoms with van der Waals surface area (Å²) in [6.45, 7) is 4.96. The second-order valence-corrected chi connectivity index (χ2v) is 5.09. The van der Waals surface area contributed by atoms with Crippen LogP contribution in [0.25, 0.3) is 0 Å². The van der Waals surface area contributed by atoms with Gasteiger partial charge in [-0.25, -0.2) is 0 Å². The number of carbonyl (C=O) groups is 1. The van der Waals surface area contributed by atoms with Crippen molar-refractivity contribution in [3.8, 4) is 0 Å². The molecule has 0 saturated heterocycles. The van der Waals surface area contributed by atoms with Gasteiger partial charge >= 0.3 is 0 Å². The maximum atomic E-state index is 11.3. The Morgan fingerprint density at radius 1 is 1.44 bits per heavy atom. The van der Waals surface area contributed by atoms with E-state index in [4.69, 9.17) is 10.5 Å². The molecule has 94 valence electrons. The maximum absolute atomic E-state index is 11.3. The van der Waals surface area contributed by atoms with Crippen molar-refractivity contribution in [2.45, 2.75) is 57.5 Å². The Hall–Kier alpha value is -0.610. The van der Waals surface area contributed by atoms with Crippen molar-refractivity contribution in [3.05, 3.63) is 0 Å². The van der Waals surface area contributed by atoms with Crippen molar-refractivity contribution in [1.29, 1.82) is 0 Å². The molecule has 1 fully saturated rings. The van der Waals surface area contributed by atoms with E-state index in [-0.39, 0.29) is 17.5 Å². The molecule has 0 bridgehead atoms. The van der Waals surface area contributed by atoms with E-state index < -0.39 is 0 Å². The molecule has 0 aliphatic heterocycles. The summed E-state index contributed by atoms with van der Waals surface area (Å²) in [5.74, 6) is 0.0486. The second-order valence-electron chi connectivity index (χ2n) is 5.09. The van der Waals surface area contributed by atoms with Crippen LogP contribution in [-0.2, 0) is 9.53 Å². The van der Waals surface area contributed by atoms with Gasteiger partial charge in [-0.3, -0.25) is 4.79 Å². The second kappa shape index (κ2) is 6.21. The zero-order valence-corrected chi connectivity index (χ0v) is 10.4. The number of rotatable bonds is 6. The zero-order valence-electron chi connectivity index (χ0n) is 10.4. The molecule has 1 saturated carbocycles. The van der Waals surface area contributed by atoms with Crippen LogP contribution in [0.5, 0.6) is 0 Å². The fraction of sp³-hybridized carbons (Fsp3) is 0.917. The molecular formula is C12H24N2O2. The van der Waals surface area contributed by atoms with E-state index in [1.807, 2.05) is 13.8 Å². The smallest absolute Gasteiger partial charge is 0.222 e. The van der Waals surface area contributed by atoms with Gasteiger partial charge in [0.05, 0.1) is 13.2 Å². The van der Waals surface area contributed by atoms with Gasteiger partial charge < -0.3 is 15.8 Å². The number of nitrogens with one attached hydrogen (secondary N) is 1. The van der Waals surface area contributed by atoms with Gasteiger partial charge in [0.2, 0.25) is 5.91 Å². The van der Waals surface area contributed by atoms with Crippen molar-refractivity contribution in [2.24, 2.45) is 5.73 Å². The summed E-state index contributed by atoms with van der Waals surface area (Å²) < 4.78 is 5.49. The molecule has 16 heavy (non-hydrogen) atoms. The Labute approximate surface area is 97.9 Å². The molecule has 1 rings (SSSR count). The largest absolute Gasteiger partial charge is 0.379 e. The fourth-order valence-corrected chi connectivity index (χ4v) is 2.06. The van der Waals surface area contributed by atoms with Crippen LogP contribution in [0.1, 0.15) is 46.0 Å². The lowest BCUT2D eigenvalue weighted by Crippen LogP contribution is -2.41. The number of hydrogen-bond donors (Lipinski definition) is 2. The highest BCUT2D eigenvalue weighted by atomic mass is 16.5. The molecule has 0 radical (unpaired) electrons. The number of ether oxygens (including phenoxy) is 1. The Kier molecular flexibility index (Phi) is 5.22. The van der Waals surface area contributed by atoms with E-state index >= 15 is 0 Å². The highest BCUT2D eigenvalue weighted by Gasteiger charge is 2.29. The summed E-state index contributed by atoms with van der Waals surface area (Å²) in [5, 5.41) is 2.83. The molecule has 0 spiro atoms. The minimum absolute atomic E-state index is 0.0486. The lowest BCUT2D eigenvalue weighted by molar-refractivity contribution is -0.122. The average molecular weight is 228 g/mol. The normalized spacial score (nSPS) is 19.0. The van der Waals surface area contributed by atoms with Gasteiger partial charge in [0, 0.05) is 18.0 Å². The standard InChI is InChI=1S/C12H24N2O2/c1-10(2)14-11(15)5-8-16-9-12(13)6-3-4-7-12/h10H,3-9,13H2,1-2H3,(H,14,15). The SMILES string of the molecule is CC(C)NC(=O)CCOCC1(N)CCCC1. The van der Waals surface area contributed by atoms with Crippen molar-refractivity contribution in [1.82, 2.24) is 5.32 Å². The summed E-state index contributed by atoms with van der Waals surface area (Å²) in [5.41, 5.74) is 6.00. The number of nitrogens with two attached hydrogens (primary N) is 1. The zero-order chi connectivity index (χ0) is 12.0. The fourth-order valence-electron chi connectivity index (χ4n) is 2.06. The minimum Gasteiger partial charge on any atom is -0.379 e. The Morgan fingerprint density at radius 3 is 2.62 bits per heavy atom. The first-order valence-electron chi connectivity index (χ1n) is 6.18. The first-order chi connectivity index (χ1) is 7.52. The van der Waals surface area contributed by atoms with Crippen LogP contribution in [0.15, 0.2) is 0 Å². The summed E-state index contributed by atoms with van der Waals surface area (Å²) in [6, 6.07) is 0.197. The highest BCUT2D eigenvalue weighted by Crippen LogP contribution is 2.27. The number of amides is 1. The van der Waals surface area contributed by atoms with E-state index in [1.54, 1.807) is 0 Å². The highest BCUT2D eigenvalue weighted by molar-refractivity contribution is 5.76. The van der Waals surface area contributed by atoms with Crippen LogP contribution < -0.4 is 11.1 Å². The maximum Gasteiger partial charge on any atom is 0.222 e. The quantitative estimate of drug-likeness (QED) is 0.671. The van der Waals surface area contributed by atoms with Crippen molar-refractivity contribution >= 4 is 5.91 Å². The van der Waals surface area contributed by atoms with Crippen molar-refractivity contribution in [3.63, 3.8) is 0 Å². The van der Waals surface area contributed by atoms with Gasteiger partial charge in [-0.2, -0.15) is 0 Å². The van der Waals surface area contributed by atoms with Gasteiger partial charge in [-0.05, 0) is 26.7 Å². The molecule has 0 aromatic heterocycles. The molecule has 1 aliphatic carbocycles. The van der Waals surface area contributed by atoms with Gasteiger partial charge in [-0.15, -0.1) is 0 Å². The van der Waals surface area contributed by atoms with Crippen LogP contribution in [0, 0.1) is 0 Å². The molecule has 1 amide bonds. The Balaban J connectivity index is 2.05. The van der Waals surface area contributed by atoms with Gasteiger partial charge in [0.25, 0.3) is 0 Å². The molecule has 3 N–H and O–H groups in total. The van der Waals surface area contributed by atoms with E-state index in [9.17, 15) is 4.79 Å². The molecule has 0 atom stereocenters. The Bertz CT molecular complexity index is 223. The predicted molar refractivity (Wildman–Crippen MR) is 64.1 cm³/mol. The molecule has 0 aromatic rings. The van der Waals surface area contributed by atoms with Crippen molar-refractivity contribution < 1.29 is 9.53 Å². The average Bonchev–Trinajstić information content (AvgIpc) is 2.59. The first kappa shape index (κ1) is 13.5. The summed E-state index contributed by atoms with van der Waals surface area (Å²) in [6.07, 6.45) is 4.92. The van der Waals surface area contributed by atoms with Gasteiger partial charge in [0.1, 0.15) is 0 Å². The summed E-state index contributed by atoms with van der Waals surface area (Å²) >= 11 is 0. The molecule has 4 heteroatoms. The van der Waals surface area contributed by atoms with Crippen LogP contribution in [0.4, 0.5) is 0 Å². The topological polar surface area (TPSA) is 64.3 Å². The molecule has 0 aromatic carbocycles. The van der Waals surface area contributed by atoms with E-state index in [1.165, 1.54) is 12.8 Å². The minimum atomic E-state index is -0.130. The van der Waals surface area contributed by atoms with Gasteiger partial charge in [0.15, 0.2) is 0 Å². The third kappa shape index (κ3) is 4.94. The molecular weight excluding hydrogens is 204 g/mol. The number of hydrogen-bond acceptors (Lipinski definition) is 3. The third-order valence-corrected chi connectivity index (χ3v) is 2.91. The van der Waals surface area contributed by atoms with E-state index in [0.29, 0.717) is 19.6 Å². The molecule has 0 heterocycles. The lowest BCUT2D eigenvalue weighted by Gasteiger charge is -2.23. The predicted octanol–water partition coefficient (Wildman–Crippen LogP) is 1.19. The number of carbonyl (C=O) groups excluding carboxylic acids is 1. The van der Waals surface area contributed by atoms with Crippen molar-refractivity contribution in [2.75, 3.05) is 13.2 Å². The Morgan fingerprint density at radius 2 is 2.06 bits per heavy atom. The van der Waals surface area contributed by atoms with Crippen LogP contribution in [0.2, 0.25) is 0 Å². The van der Waals surface area contributed by atoms with E-state index in [2.05, 4.69) is 5.32 Å². The molecule has 4 nitrogen and oxygen atoms in total. The lowest BCUT2D eigenvalue weighted by atomic mass is 10.0. The molecule has 1 aliphatic rings. The van der Waals surface area contributed by atoms with Crippen LogP contribution in [0.3, 0.4) is 0 Å². The first-order valence-corrected chi connectivity index (χ1v) is 6.18. The van der Waals surface area contributed by atoms with Crippen LogP contribution >= 0.6 is 0 Å². The summed E-state index contributed by atoms with van der Waals surface area (Å²) in [7, 11) is 0. The summed E-state index contributed by atoms with van der Waals surface area (Å²) in [4.78, 5) is 11.3. The molecule has 0 unspecified atom stereocenters. The van der Waals surface area contributed by atoms with Crippen LogP contribution in [-0.4, -0.2) is 30.7 Å².